The Labute approximate surface area is 121 Å². The van der Waals surface area contributed by atoms with Crippen LogP contribution in [-0.4, -0.2) is 39.1 Å². The number of benzene rings is 1. The molecule has 0 bridgehead atoms. The van der Waals surface area contributed by atoms with Gasteiger partial charge in [-0.05, 0) is 38.4 Å². The number of nitrogens with one attached hydrogen (secondary N) is 2. The highest BCUT2D eigenvalue weighted by Crippen LogP contribution is 2.24. The van der Waals surface area contributed by atoms with Crippen LogP contribution < -0.4 is 15.5 Å². The zero-order chi connectivity index (χ0) is 14.4. The van der Waals surface area contributed by atoms with Gasteiger partial charge < -0.3 is 15.5 Å². The van der Waals surface area contributed by atoms with Crippen LogP contribution in [0.1, 0.15) is 19.8 Å². The molecule has 4 nitrogen and oxygen atoms in total. The molecular weight excluding hydrogens is 250 g/mol. The minimum Gasteiger partial charge on any atom is -0.375 e. The highest BCUT2D eigenvalue weighted by atomic mass is 16.2. The van der Waals surface area contributed by atoms with E-state index in [9.17, 15) is 4.79 Å². The van der Waals surface area contributed by atoms with E-state index < -0.39 is 0 Å². The Morgan fingerprint density at radius 3 is 2.80 bits per heavy atom. The summed E-state index contributed by atoms with van der Waals surface area (Å²) in [7, 11) is 2.08. The second-order valence-corrected chi connectivity index (χ2v) is 5.85. The van der Waals surface area contributed by atoms with Gasteiger partial charge in [-0.2, -0.15) is 0 Å². The van der Waals surface area contributed by atoms with Gasteiger partial charge in [-0.25, -0.2) is 0 Å². The van der Waals surface area contributed by atoms with Gasteiger partial charge in [-0.15, -0.1) is 0 Å². The third kappa shape index (κ3) is 3.73. The van der Waals surface area contributed by atoms with Crippen molar-refractivity contribution in [2.45, 2.75) is 19.8 Å². The first-order valence-corrected chi connectivity index (χ1v) is 7.37. The molecule has 1 fully saturated rings. The van der Waals surface area contributed by atoms with Crippen LogP contribution in [0, 0.1) is 5.41 Å². The van der Waals surface area contributed by atoms with Gasteiger partial charge in [0.2, 0.25) is 5.91 Å². The number of hydrogen-bond donors (Lipinski definition) is 2. The average molecular weight is 275 g/mol. The number of anilines is 1. The normalized spacial score (nSPS) is 21.7. The summed E-state index contributed by atoms with van der Waals surface area (Å²) < 4.78 is 0. The first-order valence-electron chi connectivity index (χ1n) is 7.37. The van der Waals surface area contributed by atoms with Crippen molar-refractivity contribution in [2.24, 2.45) is 5.41 Å². The predicted molar refractivity (Wildman–Crippen MR) is 82.9 cm³/mol. The number of nitrogens with zero attached hydrogens (tertiary/aromatic N) is 1. The zero-order valence-electron chi connectivity index (χ0n) is 12.5. The summed E-state index contributed by atoms with van der Waals surface area (Å²) in [6.45, 7) is 5.46. The largest absolute Gasteiger partial charge is 0.375 e. The van der Waals surface area contributed by atoms with E-state index in [0.717, 1.165) is 39.0 Å². The molecule has 1 aromatic rings. The molecule has 0 spiro atoms. The number of carbonyl (C=O) groups is 1. The lowest BCUT2D eigenvalue weighted by atomic mass is 9.89. The van der Waals surface area contributed by atoms with E-state index in [0.29, 0.717) is 0 Å². The second-order valence-electron chi connectivity index (χ2n) is 5.85. The van der Waals surface area contributed by atoms with Gasteiger partial charge in [0, 0.05) is 32.4 Å². The van der Waals surface area contributed by atoms with Gasteiger partial charge in [-0.1, -0.05) is 18.2 Å². The SMILES string of the molecule is CN(CCCNC(=O)C1(C)CCNC1)c1ccccc1. The van der Waals surface area contributed by atoms with Crippen molar-refractivity contribution in [1.82, 2.24) is 10.6 Å². The third-order valence-electron chi connectivity index (χ3n) is 4.07. The Kier molecular flexibility index (Phi) is 5.01. The Morgan fingerprint density at radius 2 is 2.15 bits per heavy atom. The van der Waals surface area contributed by atoms with E-state index in [-0.39, 0.29) is 11.3 Å². The van der Waals surface area contributed by atoms with Crippen LogP contribution in [-0.2, 0) is 4.79 Å². The van der Waals surface area contributed by atoms with Gasteiger partial charge >= 0.3 is 0 Å². The molecule has 110 valence electrons. The molecule has 1 aromatic carbocycles. The van der Waals surface area contributed by atoms with E-state index in [1.165, 1.54) is 5.69 Å². The molecule has 0 aliphatic carbocycles. The second kappa shape index (κ2) is 6.75. The van der Waals surface area contributed by atoms with Crippen molar-refractivity contribution in [3.8, 4) is 0 Å². The number of amides is 1. The lowest BCUT2D eigenvalue weighted by molar-refractivity contribution is -0.129. The van der Waals surface area contributed by atoms with E-state index in [4.69, 9.17) is 0 Å². The summed E-state index contributed by atoms with van der Waals surface area (Å²) in [6.07, 6.45) is 1.89. The highest BCUT2D eigenvalue weighted by Gasteiger charge is 2.35. The van der Waals surface area contributed by atoms with Crippen LogP contribution in [0.4, 0.5) is 5.69 Å². The molecule has 1 aliphatic heterocycles. The van der Waals surface area contributed by atoms with Crippen molar-refractivity contribution in [3.63, 3.8) is 0 Å². The quantitative estimate of drug-likeness (QED) is 0.776. The Balaban J connectivity index is 1.68. The van der Waals surface area contributed by atoms with Crippen LogP contribution in [0.3, 0.4) is 0 Å². The lowest BCUT2D eigenvalue weighted by Gasteiger charge is -2.23. The first-order chi connectivity index (χ1) is 9.62. The van der Waals surface area contributed by atoms with Gasteiger partial charge in [0.05, 0.1) is 5.41 Å². The van der Waals surface area contributed by atoms with Crippen LogP contribution in [0.25, 0.3) is 0 Å². The molecule has 1 saturated heterocycles. The minimum absolute atomic E-state index is 0.185. The van der Waals surface area contributed by atoms with Crippen molar-refractivity contribution in [3.05, 3.63) is 30.3 Å². The predicted octanol–water partition coefficient (Wildman–Crippen LogP) is 1.63. The summed E-state index contributed by atoms with van der Waals surface area (Å²) in [5.74, 6) is 0.185. The smallest absolute Gasteiger partial charge is 0.227 e. The maximum Gasteiger partial charge on any atom is 0.227 e. The fraction of sp³-hybridized carbons (Fsp3) is 0.562. The molecule has 1 aliphatic rings. The summed E-state index contributed by atoms with van der Waals surface area (Å²) in [4.78, 5) is 14.3. The summed E-state index contributed by atoms with van der Waals surface area (Å²) in [6, 6.07) is 10.3. The first kappa shape index (κ1) is 14.9. The van der Waals surface area contributed by atoms with E-state index in [1.54, 1.807) is 0 Å². The molecule has 2 rings (SSSR count). The van der Waals surface area contributed by atoms with Gasteiger partial charge in [0.15, 0.2) is 0 Å². The van der Waals surface area contributed by atoms with E-state index >= 15 is 0 Å². The molecule has 1 unspecified atom stereocenters. The maximum atomic E-state index is 12.1. The van der Waals surface area contributed by atoms with Crippen molar-refractivity contribution < 1.29 is 4.79 Å². The Bertz CT molecular complexity index is 427. The molecule has 2 N–H and O–H groups in total. The van der Waals surface area contributed by atoms with Crippen LogP contribution in [0.15, 0.2) is 30.3 Å². The number of para-hydroxylation sites is 1. The molecule has 20 heavy (non-hydrogen) atoms. The highest BCUT2D eigenvalue weighted by molar-refractivity contribution is 5.82. The number of carbonyl (C=O) groups excluding carboxylic acids is 1. The van der Waals surface area contributed by atoms with E-state index in [2.05, 4.69) is 34.7 Å². The Hall–Kier alpha value is -1.55. The molecular formula is C16H25N3O. The van der Waals surface area contributed by atoms with Gasteiger partial charge in [0.1, 0.15) is 0 Å². The third-order valence-corrected chi connectivity index (χ3v) is 4.07. The fourth-order valence-corrected chi connectivity index (χ4v) is 2.55. The average Bonchev–Trinajstić information content (AvgIpc) is 2.92. The lowest BCUT2D eigenvalue weighted by Crippen LogP contribution is -2.41. The van der Waals surface area contributed by atoms with Crippen molar-refractivity contribution in [2.75, 3.05) is 38.1 Å². The molecule has 0 aromatic heterocycles. The number of hydrogen-bond acceptors (Lipinski definition) is 3. The molecule has 4 heteroatoms. The molecule has 0 saturated carbocycles. The fourth-order valence-electron chi connectivity index (χ4n) is 2.55. The topological polar surface area (TPSA) is 44.4 Å². The molecule has 1 heterocycles. The van der Waals surface area contributed by atoms with E-state index in [1.807, 2.05) is 25.1 Å². The maximum absolute atomic E-state index is 12.1. The van der Waals surface area contributed by atoms with Gasteiger partial charge in [-0.3, -0.25) is 4.79 Å². The molecule has 1 atom stereocenters. The summed E-state index contributed by atoms with van der Waals surface area (Å²) >= 11 is 0. The van der Waals surface area contributed by atoms with Gasteiger partial charge in [0.25, 0.3) is 0 Å². The van der Waals surface area contributed by atoms with Crippen molar-refractivity contribution in [1.29, 1.82) is 0 Å². The minimum atomic E-state index is -0.217. The van der Waals surface area contributed by atoms with Crippen LogP contribution in [0.2, 0.25) is 0 Å². The zero-order valence-corrected chi connectivity index (χ0v) is 12.5. The summed E-state index contributed by atoms with van der Waals surface area (Å²) in [5, 5.41) is 6.32. The van der Waals surface area contributed by atoms with Crippen LogP contribution in [0.5, 0.6) is 0 Å². The molecule has 1 amide bonds. The number of rotatable bonds is 6. The van der Waals surface area contributed by atoms with Crippen LogP contribution >= 0.6 is 0 Å². The standard InChI is InChI=1S/C16H25N3O/c1-16(9-11-17-13-16)15(20)18-10-6-12-19(2)14-7-4-3-5-8-14/h3-5,7-8,17H,6,9-13H2,1-2H3,(H,18,20). The summed E-state index contributed by atoms with van der Waals surface area (Å²) in [5.41, 5.74) is 0.997. The monoisotopic (exact) mass is 275 g/mol. The van der Waals surface area contributed by atoms with Crippen molar-refractivity contribution >= 4 is 11.6 Å². The Morgan fingerprint density at radius 1 is 1.40 bits per heavy atom. The molecule has 0 radical (unpaired) electrons.